The van der Waals surface area contributed by atoms with E-state index in [4.69, 9.17) is 4.74 Å². The maximum atomic E-state index is 12.5. The Balaban J connectivity index is 1.66. The molecule has 1 N–H and O–H groups in total. The molecule has 2 heterocycles. The van der Waals surface area contributed by atoms with Crippen molar-refractivity contribution in [1.29, 1.82) is 0 Å². The number of pyridine rings is 1. The standard InChI is InChI=1S/C19H16F3N3O4/c1-11(26)12-2-4-15-14(8-12)25(18(28)10-29-15)7-6-17(27)24-16-5-3-13(9-23-16)19(20,21)22/h2-5,8-9H,6-7,10H2,1H3,(H,23,24,27). The lowest BCUT2D eigenvalue weighted by atomic mass is 10.1. The molecule has 0 atom stereocenters. The molecule has 0 radical (unpaired) electrons. The number of anilines is 2. The first-order valence-corrected chi connectivity index (χ1v) is 8.56. The predicted molar refractivity (Wildman–Crippen MR) is 96.8 cm³/mol. The Bertz CT molecular complexity index is 958. The number of carbonyl (C=O) groups excluding carboxylic acids is 3. The van der Waals surface area contributed by atoms with Crippen LogP contribution in [-0.2, 0) is 15.8 Å². The number of hydrogen-bond acceptors (Lipinski definition) is 5. The molecule has 7 nitrogen and oxygen atoms in total. The summed E-state index contributed by atoms with van der Waals surface area (Å²) in [6, 6.07) is 6.54. The molecule has 10 heteroatoms. The van der Waals surface area contributed by atoms with E-state index in [2.05, 4.69) is 10.3 Å². The zero-order chi connectivity index (χ0) is 21.2. The van der Waals surface area contributed by atoms with Crippen molar-refractivity contribution in [2.24, 2.45) is 0 Å². The van der Waals surface area contributed by atoms with Crippen molar-refractivity contribution in [3.63, 3.8) is 0 Å². The molecule has 1 aliphatic heterocycles. The highest BCUT2D eigenvalue weighted by Crippen LogP contribution is 2.33. The van der Waals surface area contributed by atoms with Crippen LogP contribution >= 0.6 is 0 Å². The minimum absolute atomic E-state index is 0.00300. The molecule has 0 unspecified atom stereocenters. The fourth-order valence-electron chi connectivity index (χ4n) is 2.72. The molecule has 0 spiro atoms. The molecule has 0 bridgehead atoms. The second-order valence-electron chi connectivity index (χ2n) is 6.30. The Labute approximate surface area is 163 Å². The first-order valence-electron chi connectivity index (χ1n) is 8.56. The molecule has 0 fully saturated rings. The van der Waals surface area contributed by atoms with Crippen LogP contribution < -0.4 is 15.0 Å². The lowest BCUT2D eigenvalue weighted by Gasteiger charge is -2.29. The zero-order valence-corrected chi connectivity index (χ0v) is 15.2. The molecular formula is C19H16F3N3O4. The lowest BCUT2D eigenvalue weighted by Crippen LogP contribution is -2.40. The molecule has 2 amide bonds. The molecule has 29 heavy (non-hydrogen) atoms. The van der Waals surface area contributed by atoms with Gasteiger partial charge >= 0.3 is 6.18 Å². The largest absolute Gasteiger partial charge is 0.482 e. The van der Waals surface area contributed by atoms with E-state index in [9.17, 15) is 27.6 Å². The fourth-order valence-corrected chi connectivity index (χ4v) is 2.72. The Morgan fingerprint density at radius 1 is 1.24 bits per heavy atom. The minimum atomic E-state index is -4.52. The molecular weight excluding hydrogens is 391 g/mol. The van der Waals surface area contributed by atoms with Gasteiger partial charge in [-0.05, 0) is 37.3 Å². The van der Waals surface area contributed by atoms with Crippen LogP contribution in [0.2, 0.25) is 0 Å². The van der Waals surface area contributed by atoms with Gasteiger partial charge in [-0.15, -0.1) is 0 Å². The summed E-state index contributed by atoms with van der Waals surface area (Å²) in [5, 5.41) is 2.39. The van der Waals surface area contributed by atoms with Crippen molar-refractivity contribution in [3.8, 4) is 5.75 Å². The number of ether oxygens (including phenoxy) is 1. The highest BCUT2D eigenvalue weighted by Gasteiger charge is 2.31. The second-order valence-corrected chi connectivity index (χ2v) is 6.30. The van der Waals surface area contributed by atoms with Gasteiger partial charge in [-0.3, -0.25) is 14.4 Å². The first kappa shape index (κ1) is 20.3. The van der Waals surface area contributed by atoms with Gasteiger partial charge in [0.1, 0.15) is 11.6 Å². The number of amides is 2. The smallest absolute Gasteiger partial charge is 0.417 e. The van der Waals surface area contributed by atoms with Crippen molar-refractivity contribution in [1.82, 2.24) is 4.98 Å². The van der Waals surface area contributed by atoms with Crippen LogP contribution in [0.25, 0.3) is 0 Å². The Morgan fingerprint density at radius 2 is 2.00 bits per heavy atom. The molecule has 0 aliphatic carbocycles. The van der Waals surface area contributed by atoms with Gasteiger partial charge in [0.05, 0.1) is 11.3 Å². The number of nitrogens with one attached hydrogen (secondary N) is 1. The summed E-state index contributed by atoms with van der Waals surface area (Å²) < 4.78 is 43.0. The number of fused-ring (bicyclic) bond motifs is 1. The van der Waals surface area contributed by atoms with Gasteiger partial charge < -0.3 is 15.0 Å². The van der Waals surface area contributed by atoms with Gasteiger partial charge in [-0.1, -0.05) is 0 Å². The van der Waals surface area contributed by atoms with Crippen molar-refractivity contribution < 1.29 is 32.3 Å². The number of carbonyl (C=O) groups is 3. The third-order valence-corrected chi connectivity index (χ3v) is 4.23. The number of alkyl halides is 3. The molecule has 1 aromatic heterocycles. The molecule has 0 saturated heterocycles. The zero-order valence-electron chi connectivity index (χ0n) is 15.2. The summed E-state index contributed by atoms with van der Waals surface area (Å²) in [6.07, 6.45) is -4.02. The van der Waals surface area contributed by atoms with Gasteiger partial charge in [0.25, 0.3) is 5.91 Å². The van der Waals surface area contributed by atoms with Gasteiger partial charge in [0, 0.05) is 24.7 Å². The lowest BCUT2D eigenvalue weighted by molar-refractivity contribution is -0.137. The number of nitrogens with zero attached hydrogens (tertiary/aromatic N) is 2. The summed E-state index contributed by atoms with van der Waals surface area (Å²) in [6.45, 7) is 1.19. The average Bonchev–Trinajstić information content (AvgIpc) is 2.66. The van der Waals surface area contributed by atoms with Gasteiger partial charge in [0.15, 0.2) is 12.4 Å². The van der Waals surface area contributed by atoms with E-state index in [1.54, 1.807) is 12.1 Å². The molecule has 0 saturated carbocycles. The number of hydrogen-bond donors (Lipinski definition) is 1. The maximum absolute atomic E-state index is 12.5. The van der Waals surface area contributed by atoms with Crippen molar-refractivity contribution in [2.75, 3.05) is 23.4 Å². The van der Waals surface area contributed by atoms with Crippen LogP contribution in [0.15, 0.2) is 36.5 Å². The van der Waals surface area contributed by atoms with E-state index in [-0.39, 0.29) is 37.1 Å². The van der Waals surface area contributed by atoms with Crippen LogP contribution in [0.3, 0.4) is 0 Å². The third-order valence-electron chi connectivity index (χ3n) is 4.23. The Kier molecular flexibility index (Phi) is 5.53. The average molecular weight is 407 g/mol. The van der Waals surface area contributed by atoms with Crippen molar-refractivity contribution in [2.45, 2.75) is 19.5 Å². The quantitative estimate of drug-likeness (QED) is 0.770. The van der Waals surface area contributed by atoms with Gasteiger partial charge in [0.2, 0.25) is 5.91 Å². The summed E-state index contributed by atoms with van der Waals surface area (Å²) in [5.74, 6) is -0.702. The van der Waals surface area contributed by atoms with Crippen LogP contribution in [0.1, 0.15) is 29.3 Å². The third kappa shape index (κ3) is 4.71. The number of aromatic nitrogens is 1. The van der Waals surface area contributed by atoms with E-state index >= 15 is 0 Å². The summed E-state index contributed by atoms with van der Waals surface area (Å²) >= 11 is 0. The molecule has 152 valence electrons. The number of Topliss-reactive ketones (excluding diaryl/α,β-unsaturated/α-hetero) is 1. The highest BCUT2D eigenvalue weighted by atomic mass is 19.4. The first-order chi connectivity index (χ1) is 13.6. The van der Waals surface area contributed by atoms with Gasteiger partial charge in [-0.25, -0.2) is 4.98 Å². The van der Waals surface area contributed by atoms with Crippen LogP contribution in [-0.4, -0.2) is 35.7 Å². The molecule has 3 rings (SSSR count). The van der Waals surface area contributed by atoms with Crippen LogP contribution in [0.5, 0.6) is 5.75 Å². The SMILES string of the molecule is CC(=O)c1ccc2c(c1)N(CCC(=O)Nc1ccc(C(F)(F)F)cn1)C(=O)CO2. The number of rotatable bonds is 5. The minimum Gasteiger partial charge on any atom is -0.482 e. The number of halogens is 3. The summed E-state index contributed by atoms with van der Waals surface area (Å²) in [4.78, 5) is 40.8. The van der Waals surface area contributed by atoms with Crippen LogP contribution in [0.4, 0.5) is 24.7 Å². The van der Waals surface area contributed by atoms with Gasteiger partial charge in [-0.2, -0.15) is 13.2 Å². The van der Waals surface area contributed by atoms with Crippen LogP contribution in [0, 0.1) is 0 Å². The summed E-state index contributed by atoms with van der Waals surface area (Å²) in [5.41, 5.74) is -0.146. The molecule has 2 aromatic rings. The number of benzene rings is 1. The molecule has 1 aromatic carbocycles. The van der Waals surface area contributed by atoms with E-state index in [1.807, 2.05) is 0 Å². The van der Waals surface area contributed by atoms with E-state index < -0.39 is 17.6 Å². The Morgan fingerprint density at radius 3 is 2.62 bits per heavy atom. The topological polar surface area (TPSA) is 88.6 Å². The highest BCUT2D eigenvalue weighted by molar-refractivity contribution is 6.02. The van der Waals surface area contributed by atoms with E-state index in [0.29, 0.717) is 23.2 Å². The Hall–Kier alpha value is -3.43. The van der Waals surface area contributed by atoms with E-state index in [1.165, 1.54) is 17.9 Å². The maximum Gasteiger partial charge on any atom is 0.417 e. The van der Waals surface area contributed by atoms with Crippen molar-refractivity contribution >= 4 is 29.1 Å². The number of ketones is 1. The summed E-state index contributed by atoms with van der Waals surface area (Å²) in [7, 11) is 0. The predicted octanol–water partition coefficient (Wildman–Crippen LogP) is 3.06. The molecule has 1 aliphatic rings. The van der Waals surface area contributed by atoms with E-state index in [0.717, 1.165) is 12.1 Å². The monoisotopic (exact) mass is 407 g/mol. The van der Waals surface area contributed by atoms with Crippen molar-refractivity contribution in [3.05, 3.63) is 47.7 Å². The normalized spacial score (nSPS) is 13.5. The second kappa shape index (κ2) is 7.90. The fraction of sp³-hybridized carbons (Fsp3) is 0.263.